The second kappa shape index (κ2) is 4.18. The monoisotopic (exact) mass is 333 g/mol. The molecule has 1 atom stereocenters. The van der Waals surface area contributed by atoms with Crippen LogP contribution >= 0.6 is 27.3 Å². The van der Waals surface area contributed by atoms with E-state index in [0.717, 1.165) is 11.0 Å². The minimum atomic E-state index is 0.478. The molecule has 3 heteroatoms. The molecule has 1 aliphatic heterocycles. The van der Waals surface area contributed by atoms with E-state index in [2.05, 4.69) is 58.5 Å². The van der Waals surface area contributed by atoms with Crippen molar-refractivity contribution in [1.82, 2.24) is 5.32 Å². The zero-order chi connectivity index (χ0) is 13.0. The van der Waals surface area contributed by atoms with Gasteiger partial charge >= 0.3 is 0 Å². The molecule has 1 fully saturated rings. The van der Waals surface area contributed by atoms with Crippen LogP contribution in [0.2, 0.25) is 0 Å². The fourth-order valence-electron chi connectivity index (χ4n) is 3.03. The minimum absolute atomic E-state index is 0.478. The maximum atomic E-state index is 3.67. The molecule has 2 heterocycles. The highest BCUT2D eigenvalue weighted by atomic mass is 79.9. The summed E-state index contributed by atoms with van der Waals surface area (Å²) in [5.41, 5.74) is 3.44. The summed E-state index contributed by atoms with van der Waals surface area (Å²) in [5, 5.41) is 3.67. The smallest absolute Gasteiger partial charge is 0.0389 e. The fraction of sp³-hybridized carbons (Fsp3) is 0.375. The van der Waals surface area contributed by atoms with Gasteiger partial charge in [-0.3, -0.25) is 0 Å². The van der Waals surface area contributed by atoms with Gasteiger partial charge in [-0.15, -0.1) is 11.3 Å². The topological polar surface area (TPSA) is 12.0 Å². The first-order valence-electron chi connectivity index (χ1n) is 6.81. The lowest BCUT2D eigenvalue weighted by Gasteiger charge is -2.27. The molecular weight excluding hydrogens is 318 g/mol. The third-order valence-electron chi connectivity index (χ3n) is 4.45. The lowest BCUT2D eigenvalue weighted by atomic mass is 9.90. The van der Waals surface area contributed by atoms with Crippen LogP contribution in [0.3, 0.4) is 0 Å². The average molecular weight is 334 g/mol. The minimum Gasteiger partial charge on any atom is -0.309 e. The highest BCUT2D eigenvalue weighted by molar-refractivity contribution is 9.10. The van der Waals surface area contributed by atoms with Crippen molar-refractivity contribution in [3.8, 4) is 10.4 Å². The van der Waals surface area contributed by atoms with Crippen molar-refractivity contribution in [2.45, 2.75) is 31.2 Å². The molecular formula is C16H16BrNS. The molecule has 19 heavy (non-hydrogen) atoms. The molecule has 1 saturated carbocycles. The molecule has 1 aromatic carbocycles. The Morgan fingerprint density at radius 1 is 1.26 bits per heavy atom. The van der Waals surface area contributed by atoms with E-state index in [0.29, 0.717) is 11.5 Å². The Bertz CT molecular complexity index is 625. The van der Waals surface area contributed by atoms with E-state index in [9.17, 15) is 0 Å². The van der Waals surface area contributed by atoms with Gasteiger partial charge in [0.15, 0.2) is 0 Å². The molecule has 98 valence electrons. The van der Waals surface area contributed by atoms with E-state index < -0.39 is 0 Å². The lowest BCUT2D eigenvalue weighted by Crippen LogP contribution is -2.34. The van der Waals surface area contributed by atoms with Crippen molar-refractivity contribution in [3.63, 3.8) is 0 Å². The fourth-order valence-corrected chi connectivity index (χ4v) is 4.61. The molecule has 1 N–H and O–H groups in total. The molecule has 0 amide bonds. The van der Waals surface area contributed by atoms with Crippen LogP contribution < -0.4 is 5.32 Å². The average Bonchev–Trinajstić information content (AvgIpc) is 3.04. The van der Waals surface area contributed by atoms with Gasteiger partial charge in [-0.2, -0.15) is 0 Å². The van der Waals surface area contributed by atoms with E-state index in [1.807, 2.05) is 11.3 Å². The molecule has 1 aromatic heterocycles. The molecule has 1 nitrogen and oxygen atoms in total. The van der Waals surface area contributed by atoms with Crippen LogP contribution in [0, 0.1) is 0 Å². The number of hydrogen-bond acceptors (Lipinski definition) is 2. The van der Waals surface area contributed by atoms with Gasteiger partial charge in [-0.1, -0.05) is 28.1 Å². The van der Waals surface area contributed by atoms with E-state index in [-0.39, 0.29) is 0 Å². The van der Waals surface area contributed by atoms with Crippen LogP contribution in [0.5, 0.6) is 0 Å². The van der Waals surface area contributed by atoms with Crippen LogP contribution in [-0.4, -0.2) is 6.54 Å². The van der Waals surface area contributed by atoms with Crippen LogP contribution in [0.1, 0.15) is 36.2 Å². The molecule has 1 aliphatic carbocycles. The standard InChI is InChI=1S/C16H16BrNS/c1-10-15-13(16(6-7-16)9-18-10)8-14(19-15)11-2-4-12(17)5-3-11/h2-5,8,10,18H,6-7,9H2,1H3. The second-order valence-electron chi connectivity index (χ2n) is 5.78. The highest BCUT2D eigenvalue weighted by Crippen LogP contribution is 2.55. The van der Waals surface area contributed by atoms with Gasteiger partial charge in [-0.05, 0) is 49.1 Å². The molecule has 1 spiro atoms. The largest absolute Gasteiger partial charge is 0.309 e. The van der Waals surface area contributed by atoms with Crippen molar-refractivity contribution in [2.75, 3.05) is 6.54 Å². The van der Waals surface area contributed by atoms with Gasteiger partial charge < -0.3 is 5.32 Å². The third kappa shape index (κ3) is 1.91. The Labute approximate surface area is 126 Å². The number of rotatable bonds is 1. The summed E-state index contributed by atoms with van der Waals surface area (Å²) in [5.74, 6) is 0. The van der Waals surface area contributed by atoms with E-state index in [1.165, 1.54) is 23.3 Å². The predicted octanol–water partition coefficient (Wildman–Crippen LogP) is 4.87. The Balaban J connectivity index is 1.81. The SMILES string of the molecule is CC1NCC2(CC2)c2cc(-c3ccc(Br)cc3)sc21. The van der Waals surface area contributed by atoms with Gasteiger partial charge in [-0.25, -0.2) is 0 Å². The van der Waals surface area contributed by atoms with Crippen molar-refractivity contribution in [3.05, 3.63) is 45.2 Å². The highest BCUT2D eigenvalue weighted by Gasteiger charge is 2.49. The van der Waals surface area contributed by atoms with Gasteiger partial charge in [0, 0.05) is 32.2 Å². The first kappa shape index (κ1) is 12.1. The predicted molar refractivity (Wildman–Crippen MR) is 84.8 cm³/mol. The van der Waals surface area contributed by atoms with Crippen LogP contribution in [0.15, 0.2) is 34.8 Å². The Morgan fingerprint density at radius 3 is 2.68 bits per heavy atom. The zero-order valence-corrected chi connectivity index (χ0v) is 13.3. The Kier molecular flexibility index (Phi) is 2.66. The van der Waals surface area contributed by atoms with Gasteiger partial charge in [0.1, 0.15) is 0 Å². The van der Waals surface area contributed by atoms with Crippen LogP contribution in [0.25, 0.3) is 10.4 Å². The normalized spacial score (nSPS) is 23.4. The number of hydrogen-bond donors (Lipinski definition) is 1. The molecule has 4 rings (SSSR count). The Hall–Kier alpha value is -0.640. The third-order valence-corrected chi connectivity index (χ3v) is 6.35. The lowest BCUT2D eigenvalue weighted by molar-refractivity contribution is 0.475. The summed E-state index contributed by atoms with van der Waals surface area (Å²) in [6.07, 6.45) is 2.71. The summed E-state index contributed by atoms with van der Waals surface area (Å²) in [6.45, 7) is 3.45. The van der Waals surface area contributed by atoms with Crippen LogP contribution in [-0.2, 0) is 5.41 Å². The zero-order valence-electron chi connectivity index (χ0n) is 10.9. The summed E-state index contributed by atoms with van der Waals surface area (Å²) in [4.78, 5) is 2.97. The number of nitrogens with one attached hydrogen (secondary N) is 1. The van der Waals surface area contributed by atoms with Crippen molar-refractivity contribution in [2.24, 2.45) is 0 Å². The summed E-state index contributed by atoms with van der Waals surface area (Å²) in [7, 11) is 0. The van der Waals surface area contributed by atoms with Gasteiger partial charge in [0.05, 0.1) is 0 Å². The molecule has 0 radical (unpaired) electrons. The summed E-state index contributed by atoms with van der Waals surface area (Å²) in [6, 6.07) is 11.6. The number of halogens is 1. The quantitative estimate of drug-likeness (QED) is 0.784. The maximum absolute atomic E-state index is 3.67. The molecule has 0 bridgehead atoms. The van der Waals surface area contributed by atoms with E-state index >= 15 is 0 Å². The molecule has 0 saturated heterocycles. The molecule has 2 aliphatic rings. The van der Waals surface area contributed by atoms with Crippen molar-refractivity contribution < 1.29 is 0 Å². The number of fused-ring (bicyclic) bond motifs is 2. The molecule has 2 aromatic rings. The Morgan fingerprint density at radius 2 is 2.00 bits per heavy atom. The van der Waals surface area contributed by atoms with Gasteiger partial charge in [0.2, 0.25) is 0 Å². The van der Waals surface area contributed by atoms with Crippen molar-refractivity contribution in [1.29, 1.82) is 0 Å². The molecule has 1 unspecified atom stereocenters. The van der Waals surface area contributed by atoms with Crippen molar-refractivity contribution >= 4 is 27.3 Å². The number of thiophene rings is 1. The summed E-state index contributed by atoms with van der Waals surface area (Å²) >= 11 is 5.47. The maximum Gasteiger partial charge on any atom is 0.0389 e. The first-order chi connectivity index (χ1) is 9.18. The van der Waals surface area contributed by atoms with Gasteiger partial charge in [0.25, 0.3) is 0 Å². The second-order valence-corrected chi connectivity index (χ2v) is 7.78. The first-order valence-corrected chi connectivity index (χ1v) is 8.42. The number of benzene rings is 1. The van der Waals surface area contributed by atoms with E-state index in [1.54, 1.807) is 10.4 Å². The van der Waals surface area contributed by atoms with E-state index in [4.69, 9.17) is 0 Å². The van der Waals surface area contributed by atoms with Crippen LogP contribution in [0.4, 0.5) is 0 Å². The summed E-state index contributed by atoms with van der Waals surface area (Å²) < 4.78 is 1.14.